The summed E-state index contributed by atoms with van der Waals surface area (Å²) in [5.41, 5.74) is 3.54. The zero-order valence-corrected chi connectivity index (χ0v) is 12.3. The van der Waals surface area contributed by atoms with E-state index in [-0.39, 0.29) is 18.8 Å². The molecule has 0 amide bonds. The predicted octanol–water partition coefficient (Wildman–Crippen LogP) is 0.219. The number of aliphatic hydroxyl groups is 1. The number of hydrogen-bond acceptors (Lipinski definition) is 7. The molecular formula is C13H23N5O2. The van der Waals surface area contributed by atoms with Crippen LogP contribution in [0.1, 0.15) is 25.2 Å². The van der Waals surface area contributed by atoms with Crippen LogP contribution < -0.4 is 16.2 Å². The summed E-state index contributed by atoms with van der Waals surface area (Å²) < 4.78 is 5.57. The minimum atomic E-state index is -0.181. The zero-order chi connectivity index (χ0) is 14.7. The maximum absolute atomic E-state index is 9.30. The van der Waals surface area contributed by atoms with Crippen molar-refractivity contribution in [1.82, 2.24) is 9.97 Å². The van der Waals surface area contributed by atoms with Crippen molar-refractivity contribution >= 4 is 11.6 Å². The van der Waals surface area contributed by atoms with Gasteiger partial charge >= 0.3 is 0 Å². The van der Waals surface area contributed by atoms with Crippen LogP contribution in [0.3, 0.4) is 0 Å². The van der Waals surface area contributed by atoms with Gasteiger partial charge in [0.1, 0.15) is 17.5 Å². The average molecular weight is 281 g/mol. The van der Waals surface area contributed by atoms with E-state index in [1.54, 1.807) is 0 Å². The van der Waals surface area contributed by atoms with Crippen molar-refractivity contribution in [2.75, 3.05) is 30.1 Å². The second-order valence-corrected chi connectivity index (χ2v) is 5.07. The molecule has 2 heterocycles. The molecule has 0 bridgehead atoms. The molecule has 20 heavy (non-hydrogen) atoms. The van der Waals surface area contributed by atoms with Gasteiger partial charge in [-0.25, -0.2) is 15.8 Å². The number of morpholine rings is 1. The summed E-state index contributed by atoms with van der Waals surface area (Å²) in [5.74, 6) is 7.79. The monoisotopic (exact) mass is 281 g/mol. The van der Waals surface area contributed by atoms with Crippen molar-refractivity contribution < 1.29 is 9.84 Å². The zero-order valence-electron chi connectivity index (χ0n) is 12.3. The molecular weight excluding hydrogens is 258 g/mol. The molecule has 1 aliphatic rings. The van der Waals surface area contributed by atoms with Gasteiger partial charge in [-0.15, -0.1) is 0 Å². The first-order chi connectivity index (χ1) is 9.60. The number of rotatable bonds is 4. The molecule has 1 saturated heterocycles. The maximum Gasteiger partial charge on any atom is 0.148 e. The van der Waals surface area contributed by atoms with E-state index in [9.17, 15) is 5.11 Å². The topological polar surface area (TPSA) is 96.5 Å². The van der Waals surface area contributed by atoms with E-state index in [4.69, 9.17) is 10.6 Å². The van der Waals surface area contributed by atoms with Crippen LogP contribution in [0, 0.1) is 6.92 Å². The molecule has 1 aromatic heterocycles. The molecule has 2 unspecified atom stereocenters. The van der Waals surface area contributed by atoms with Gasteiger partial charge in [0.2, 0.25) is 0 Å². The van der Waals surface area contributed by atoms with Crippen LogP contribution in [0.15, 0.2) is 0 Å². The Bertz CT molecular complexity index is 468. The van der Waals surface area contributed by atoms with E-state index in [0.717, 1.165) is 23.6 Å². The quantitative estimate of drug-likeness (QED) is 0.536. The third-order valence-corrected chi connectivity index (χ3v) is 3.60. The second-order valence-electron chi connectivity index (χ2n) is 5.07. The van der Waals surface area contributed by atoms with E-state index in [1.165, 1.54) is 0 Å². The predicted molar refractivity (Wildman–Crippen MR) is 77.6 cm³/mol. The molecule has 0 aliphatic carbocycles. The third kappa shape index (κ3) is 2.84. The van der Waals surface area contributed by atoms with E-state index >= 15 is 0 Å². The number of aliphatic hydroxyl groups excluding tert-OH is 1. The van der Waals surface area contributed by atoms with Crippen LogP contribution in [-0.4, -0.2) is 47.0 Å². The first-order valence-electron chi connectivity index (χ1n) is 6.93. The molecule has 0 radical (unpaired) electrons. The molecule has 4 N–H and O–H groups in total. The molecule has 2 rings (SSSR count). The maximum atomic E-state index is 9.30. The number of nitrogens with two attached hydrogens (primary N) is 1. The van der Waals surface area contributed by atoms with Crippen LogP contribution in [0.2, 0.25) is 0 Å². The Balaban J connectivity index is 2.39. The number of nitrogen functional groups attached to an aromatic ring is 1. The Morgan fingerprint density at radius 1 is 1.50 bits per heavy atom. The fourth-order valence-electron chi connectivity index (χ4n) is 2.35. The van der Waals surface area contributed by atoms with E-state index in [0.29, 0.717) is 19.0 Å². The fraction of sp³-hybridized carbons (Fsp3) is 0.692. The number of aromatic nitrogens is 2. The first kappa shape index (κ1) is 15.0. The van der Waals surface area contributed by atoms with Crippen LogP contribution in [0.4, 0.5) is 11.6 Å². The number of ether oxygens (including phenoxy) is 1. The Hall–Kier alpha value is -1.44. The lowest BCUT2D eigenvalue weighted by Gasteiger charge is -2.39. The van der Waals surface area contributed by atoms with Crippen molar-refractivity contribution in [3.63, 3.8) is 0 Å². The lowest BCUT2D eigenvalue weighted by molar-refractivity contribution is -0.0106. The van der Waals surface area contributed by atoms with E-state index in [2.05, 4.69) is 27.2 Å². The number of aryl methyl sites for hydroxylation is 1. The van der Waals surface area contributed by atoms with Crippen LogP contribution in [0.25, 0.3) is 0 Å². The fourth-order valence-corrected chi connectivity index (χ4v) is 2.35. The van der Waals surface area contributed by atoms with Gasteiger partial charge in [0.25, 0.3) is 0 Å². The van der Waals surface area contributed by atoms with Crippen molar-refractivity contribution in [1.29, 1.82) is 0 Å². The van der Waals surface area contributed by atoms with Crippen LogP contribution >= 0.6 is 0 Å². The largest absolute Gasteiger partial charge is 0.394 e. The van der Waals surface area contributed by atoms with E-state index < -0.39 is 0 Å². The Morgan fingerprint density at radius 2 is 2.25 bits per heavy atom. The lowest BCUT2D eigenvalue weighted by Crippen LogP contribution is -2.50. The normalized spacial score (nSPS) is 22.9. The molecule has 1 fully saturated rings. The number of hydrogen-bond donors (Lipinski definition) is 3. The van der Waals surface area contributed by atoms with Crippen molar-refractivity contribution in [2.24, 2.45) is 5.84 Å². The Morgan fingerprint density at radius 3 is 2.85 bits per heavy atom. The lowest BCUT2D eigenvalue weighted by atomic mass is 10.1. The van der Waals surface area contributed by atoms with Crippen LogP contribution in [0.5, 0.6) is 0 Å². The molecule has 0 aromatic carbocycles. The second kappa shape index (κ2) is 6.34. The number of hydrazine groups is 1. The summed E-state index contributed by atoms with van der Waals surface area (Å²) >= 11 is 0. The summed E-state index contributed by atoms with van der Waals surface area (Å²) in [7, 11) is 0. The minimum Gasteiger partial charge on any atom is -0.394 e. The molecule has 1 aliphatic heterocycles. The van der Waals surface area contributed by atoms with E-state index in [1.807, 2.05) is 13.8 Å². The highest BCUT2D eigenvalue weighted by Gasteiger charge is 2.28. The van der Waals surface area contributed by atoms with Crippen molar-refractivity contribution in [3.05, 3.63) is 11.4 Å². The summed E-state index contributed by atoms with van der Waals surface area (Å²) in [6.45, 7) is 7.23. The molecule has 0 spiro atoms. The molecule has 112 valence electrons. The highest BCUT2D eigenvalue weighted by Crippen LogP contribution is 2.27. The third-order valence-electron chi connectivity index (χ3n) is 3.60. The van der Waals surface area contributed by atoms with Crippen LogP contribution in [-0.2, 0) is 11.2 Å². The van der Waals surface area contributed by atoms with Gasteiger partial charge < -0.3 is 20.2 Å². The van der Waals surface area contributed by atoms with Gasteiger partial charge in [-0.05, 0) is 13.8 Å². The average Bonchev–Trinajstić information content (AvgIpc) is 2.48. The molecule has 7 nitrogen and oxygen atoms in total. The highest BCUT2D eigenvalue weighted by atomic mass is 16.5. The molecule has 2 atom stereocenters. The SMILES string of the molecule is CCc1nc(NN)c(C)c(N2CC(CO)OCC2C)n1. The molecule has 1 aromatic rings. The molecule has 0 saturated carbocycles. The number of nitrogens with one attached hydrogen (secondary N) is 1. The summed E-state index contributed by atoms with van der Waals surface area (Å²) in [6.07, 6.45) is 0.560. The molecule has 7 heteroatoms. The highest BCUT2D eigenvalue weighted by molar-refractivity contribution is 5.59. The Kier molecular flexibility index (Phi) is 4.74. The first-order valence-corrected chi connectivity index (χ1v) is 6.93. The van der Waals surface area contributed by atoms with Gasteiger partial charge in [0.05, 0.1) is 25.4 Å². The van der Waals surface area contributed by atoms with Gasteiger partial charge in [0.15, 0.2) is 0 Å². The standard InChI is InChI=1S/C13H23N5O2/c1-4-11-15-12(17-14)9(3)13(16-11)18-5-10(6-19)20-7-8(18)2/h8,10,19H,4-7,14H2,1-3H3,(H,15,16,17). The van der Waals surface area contributed by atoms with Gasteiger partial charge in [-0.3, -0.25) is 0 Å². The summed E-state index contributed by atoms with van der Waals surface area (Å²) in [5, 5.41) is 9.30. The smallest absolute Gasteiger partial charge is 0.148 e. The van der Waals surface area contributed by atoms with Gasteiger partial charge in [0, 0.05) is 18.5 Å². The van der Waals surface area contributed by atoms with Gasteiger partial charge in [-0.2, -0.15) is 0 Å². The number of anilines is 2. The summed E-state index contributed by atoms with van der Waals surface area (Å²) in [6, 6.07) is 0.196. The van der Waals surface area contributed by atoms with Crippen molar-refractivity contribution in [3.8, 4) is 0 Å². The minimum absolute atomic E-state index is 0.00990. The van der Waals surface area contributed by atoms with Gasteiger partial charge in [-0.1, -0.05) is 6.92 Å². The Labute approximate surface area is 119 Å². The number of nitrogens with zero attached hydrogens (tertiary/aromatic N) is 3. The van der Waals surface area contributed by atoms with Crippen molar-refractivity contribution in [2.45, 2.75) is 39.3 Å². The summed E-state index contributed by atoms with van der Waals surface area (Å²) in [4.78, 5) is 11.2.